The van der Waals surface area contributed by atoms with Gasteiger partial charge >= 0.3 is 5.97 Å². The highest BCUT2D eigenvalue weighted by Crippen LogP contribution is 2.13. The van der Waals surface area contributed by atoms with Crippen LogP contribution >= 0.6 is 11.8 Å². The fourth-order valence-electron chi connectivity index (χ4n) is 0.921. The highest BCUT2D eigenvalue weighted by Gasteiger charge is 2.04. The Morgan fingerprint density at radius 2 is 2.43 bits per heavy atom. The van der Waals surface area contributed by atoms with Gasteiger partial charge in [-0.05, 0) is 6.42 Å². The second kappa shape index (κ2) is 5.64. The van der Waals surface area contributed by atoms with Gasteiger partial charge in [-0.3, -0.25) is 9.89 Å². The first-order chi connectivity index (χ1) is 6.72. The van der Waals surface area contributed by atoms with E-state index in [1.54, 1.807) is 0 Å². The largest absolute Gasteiger partial charge is 0.481 e. The Morgan fingerprint density at radius 1 is 1.64 bits per heavy atom. The quantitative estimate of drug-likeness (QED) is 0.700. The number of hydrogen-bond acceptors (Lipinski definition) is 4. The fraction of sp³-hybridized carbons (Fsp3) is 0.625. The Hall–Kier alpha value is -1.04. The molecule has 5 nitrogen and oxygen atoms in total. The molecule has 1 rings (SSSR count). The van der Waals surface area contributed by atoms with Crippen LogP contribution in [-0.2, 0) is 11.2 Å². The summed E-state index contributed by atoms with van der Waals surface area (Å²) in [6.45, 7) is 2.07. The number of rotatable bonds is 6. The molecule has 0 saturated heterocycles. The van der Waals surface area contributed by atoms with E-state index in [0.717, 1.165) is 18.7 Å². The van der Waals surface area contributed by atoms with Crippen LogP contribution in [0.15, 0.2) is 5.16 Å². The molecule has 1 aromatic rings. The van der Waals surface area contributed by atoms with Crippen LogP contribution in [0.5, 0.6) is 0 Å². The van der Waals surface area contributed by atoms with Gasteiger partial charge in [-0.15, -0.1) is 5.10 Å². The van der Waals surface area contributed by atoms with Crippen LogP contribution in [0.2, 0.25) is 0 Å². The molecular weight excluding hydrogens is 202 g/mol. The van der Waals surface area contributed by atoms with E-state index in [0.29, 0.717) is 10.9 Å². The predicted octanol–water partition coefficient (Wildman–Crippen LogP) is 1.32. The Bertz CT molecular complexity index is 301. The monoisotopic (exact) mass is 215 g/mol. The smallest absolute Gasteiger partial charge is 0.304 e. The zero-order valence-corrected chi connectivity index (χ0v) is 8.80. The molecular formula is C8H13N3O2S. The Balaban J connectivity index is 2.32. The first-order valence-corrected chi connectivity index (χ1v) is 5.46. The van der Waals surface area contributed by atoms with Crippen LogP contribution in [0, 0.1) is 0 Å². The summed E-state index contributed by atoms with van der Waals surface area (Å²) in [7, 11) is 0. The van der Waals surface area contributed by atoms with Crippen molar-refractivity contribution >= 4 is 17.7 Å². The zero-order chi connectivity index (χ0) is 10.4. The number of aliphatic carboxylic acids is 1. The number of aromatic nitrogens is 3. The van der Waals surface area contributed by atoms with Crippen molar-refractivity contribution in [3.05, 3.63) is 5.82 Å². The van der Waals surface area contributed by atoms with Crippen molar-refractivity contribution in [3.8, 4) is 0 Å². The average molecular weight is 215 g/mol. The van der Waals surface area contributed by atoms with Crippen molar-refractivity contribution in [2.45, 2.75) is 31.3 Å². The summed E-state index contributed by atoms with van der Waals surface area (Å²) < 4.78 is 0. The molecule has 0 spiro atoms. The molecule has 0 aliphatic rings. The van der Waals surface area contributed by atoms with Crippen LogP contribution in [0.25, 0.3) is 0 Å². The molecule has 14 heavy (non-hydrogen) atoms. The molecule has 0 atom stereocenters. The van der Waals surface area contributed by atoms with Crippen LogP contribution in [0.3, 0.4) is 0 Å². The molecule has 6 heteroatoms. The number of carboxylic acid groups (broad SMARTS) is 1. The summed E-state index contributed by atoms with van der Waals surface area (Å²) in [5.41, 5.74) is 0. The lowest BCUT2D eigenvalue weighted by atomic mass is 10.3. The fourth-order valence-corrected chi connectivity index (χ4v) is 1.66. The predicted molar refractivity (Wildman–Crippen MR) is 53.4 cm³/mol. The molecule has 1 heterocycles. The Labute approximate surface area is 86.3 Å². The summed E-state index contributed by atoms with van der Waals surface area (Å²) in [4.78, 5) is 14.4. The number of thioether (sulfide) groups is 1. The van der Waals surface area contributed by atoms with Crippen molar-refractivity contribution < 1.29 is 9.90 Å². The molecule has 0 aliphatic carbocycles. The maximum Gasteiger partial charge on any atom is 0.304 e. The lowest BCUT2D eigenvalue weighted by molar-refractivity contribution is -0.136. The van der Waals surface area contributed by atoms with E-state index in [-0.39, 0.29) is 6.42 Å². The standard InChI is InChI=1S/C8H13N3O2S/c1-2-3-6-9-8(11-10-6)14-5-4-7(12)13/h2-5H2,1H3,(H,12,13)(H,9,10,11). The molecule has 0 bridgehead atoms. The minimum atomic E-state index is -0.790. The van der Waals surface area contributed by atoms with Crippen molar-refractivity contribution in [1.29, 1.82) is 0 Å². The lowest BCUT2D eigenvalue weighted by Crippen LogP contribution is -1.96. The lowest BCUT2D eigenvalue weighted by Gasteiger charge is -1.91. The summed E-state index contributed by atoms with van der Waals surface area (Å²) >= 11 is 1.36. The van der Waals surface area contributed by atoms with Gasteiger partial charge in [-0.25, -0.2) is 4.98 Å². The first kappa shape index (κ1) is 11.0. The van der Waals surface area contributed by atoms with Crippen LogP contribution in [0.1, 0.15) is 25.6 Å². The van der Waals surface area contributed by atoms with Gasteiger partial charge in [0, 0.05) is 12.2 Å². The second-order valence-corrected chi connectivity index (χ2v) is 3.87. The molecule has 2 N–H and O–H groups in total. The summed E-state index contributed by atoms with van der Waals surface area (Å²) in [5, 5.41) is 15.8. The van der Waals surface area contributed by atoms with Crippen LogP contribution in [0.4, 0.5) is 0 Å². The van der Waals surface area contributed by atoms with Gasteiger partial charge in [0.25, 0.3) is 0 Å². The Kier molecular flexibility index (Phi) is 4.45. The van der Waals surface area contributed by atoms with Gasteiger partial charge in [0.05, 0.1) is 6.42 Å². The summed E-state index contributed by atoms with van der Waals surface area (Å²) in [5.74, 6) is 0.589. The van der Waals surface area contributed by atoms with E-state index in [4.69, 9.17) is 5.11 Å². The highest BCUT2D eigenvalue weighted by molar-refractivity contribution is 7.99. The number of carbonyl (C=O) groups is 1. The average Bonchev–Trinajstić information content (AvgIpc) is 2.53. The molecule has 1 aromatic heterocycles. The van der Waals surface area contributed by atoms with Gasteiger partial charge < -0.3 is 5.11 Å². The van der Waals surface area contributed by atoms with Gasteiger partial charge in [0.1, 0.15) is 5.82 Å². The van der Waals surface area contributed by atoms with Crippen molar-refractivity contribution in [1.82, 2.24) is 15.2 Å². The molecule has 0 amide bonds. The number of aromatic amines is 1. The number of nitrogens with zero attached hydrogens (tertiary/aromatic N) is 2. The second-order valence-electron chi connectivity index (χ2n) is 2.81. The Morgan fingerprint density at radius 3 is 3.07 bits per heavy atom. The zero-order valence-electron chi connectivity index (χ0n) is 7.99. The van der Waals surface area contributed by atoms with E-state index >= 15 is 0 Å². The van der Waals surface area contributed by atoms with E-state index < -0.39 is 5.97 Å². The van der Waals surface area contributed by atoms with Crippen molar-refractivity contribution in [2.75, 3.05) is 5.75 Å². The number of carboxylic acids is 1. The number of H-pyrrole nitrogens is 1. The third-order valence-corrected chi connectivity index (χ3v) is 2.39. The number of hydrogen-bond donors (Lipinski definition) is 2. The van der Waals surface area contributed by atoms with Gasteiger partial charge in [-0.1, -0.05) is 18.7 Å². The van der Waals surface area contributed by atoms with Crippen molar-refractivity contribution in [3.63, 3.8) is 0 Å². The number of nitrogens with one attached hydrogen (secondary N) is 1. The van der Waals surface area contributed by atoms with Gasteiger partial charge in [0.2, 0.25) is 5.16 Å². The van der Waals surface area contributed by atoms with Gasteiger partial charge in [0.15, 0.2) is 0 Å². The molecule has 0 radical (unpaired) electrons. The minimum Gasteiger partial charge on any atom is -0.481 e. The highest BCUT2D eigenvalue weighted by atomic mass is 32.2. The van der Waals surface area contributed by atoms with E-state index in [1.165, 1.54) is 11.8 Å². The molecule has 0 aliphatic heterocycles. The molecule has 0 fully saturated rings. The number of aryl methyl sites for hydroxylation is 1. The van der Waals surface area contributed by atoms with Crippen LogP contribution in [-0.4, -0.2) is 32.0 Å². The normalized spacial score (nSPS) is 10.4. The summed E-state index contributed by atoms with van der Waals surface area (Å²) in [6.07, 6.45) is 2.04. The maximum absolute atomic E-state index is 10.2. The van der Waals surface area contributed by atoms with Gasteiger partial charge in [-0.2, -0.15) is 0 Å². The third-order valence-electron chi connectivity index (χ3n) is 1.55. The van der Waals surface area contributed by atoms with E-state index in [2.05, 4.69) is 22.1 Å². The minimum absolute atomic E-state index is 0.141. The van der Waals surface area contributed by atoms with Crippen LogP contribution < -0.4 is 0 Å². The molecule has 0 saturated carbocycles. The molecule has 0 aromatic carbocycles. The maximum atomic E-state index is 10.2. The summed E-state index contributed by atoms with van der Waals surface area (Å²) in [6, 6.07) is 0. The molecule has 0 unspecified atom stereocenters. The topological polar surface area (TPSA) is 78.9 Å². The first-order valence-electron chi connectivity index (χ1n) is 4.48. The van der Waals surface area contributed by atoms with Crippen molar-refractivity contribution in [2.24, 2.45) is 0 Å². The van der Waals surface area contributed by atoms with E-state index in [1.807, 2.05) is 0 Å². The van der Waals surface area contributed by atoms with E-state index in [9.17, 15) is 4.79 Å². The third kappa shape index (κ3) is 3.78. The SMILES string of the molecule is CCCc1nc(SCCC(=O)O)n[nH]1. The molecule has 78 valence electrons.